The monoisotopic (exact) mass is 293 g/mol. The van der Waals surface area contributed by atoms with E-state index in [0.717, 1.165) is 11.1 Å². The second-order valence-corrected chi connectivity index (χ2v) is 4.39. The Morgan fingerprint density at radius 1 is 1.53 bits per heavy atom. The van der Waals surface area contributed by atoms with Crippen LogP contribution in [0.4, 0.5) is 4.39 Å². The van der Waals surface area contributed by atoms with E-state index in [-0.39, 0.29) is 24.3 Å². The molecule has 1 atom stereocenters. The van der Waals surface area contributed by atoms with Gasteiger partial charge in [0.2, 0.25) is 0 Å². The predicted octanol–water partition coefficient (Wildman–Crippen LogP) is 3.98. The number of benzene rings is 1. The quantitative estimate of drug-likeness (QED) is 0.839. The minimum atomic E-state index is -0.272. The Balaban J connectivity index is 0.00000196. The third kappa shape index (κ3) is 4.78. The van der Waals surface area contributed by atoms with Crippen molar-refractivity contribution in [3.05, 3.63) is 46.2 Å². The van der Waals surface area contributed by atoms with Crippen molar-refractivity contribution in [2.24, 2.45) is 5.73 Å². The smallest absolute Gasteiger partial charge is 0.124 e. The summed E-state index contributed by atoms with van der Waals surface area (Å²) in [6.07, 6.45) is 0.676. The molecule has 0 amide bonds. The van der Waals surface area contributed by atoms with Gasteiger partial charge >= 0.3 is 0 Å². The van der Waals surface area contributed by atoms with E-state index in [1.165, 1.54) is 12.1 Å². The van der Waals surface area contributed by atoms with Gasteiger partial charge in [0, 0.05) is 10.5 Å². The van der Waals surface area contributed by atoms with Gasteiger partial charge in [-0.25, -0.2) is 4.39 Å². The molecule has 1 nitrogen and oxygen atoms in total. The van der Waals surface area contributed by atoms with Gasteiger partial charge < -0.3 is 5.73 Å². The van der Waals surface area contributed by atoms with Crippen LogP contribution in [0.5, 0.6) is 0 Å². The molecule has 0 spiro atoms. The zero-order chi connectivity index (χ0) is 10.7. The second-order valence-electron chi connectivity index (χ2n) is 3.47. The number of hydrogen-bond acceptors (Lipinski definition) is 1. The van der Waals surface area contributed by atoms with E-state index in [0.29, 0.717) is 10.9 Å². The lowest BCUT2D eigenvalue weighted by Crippen LogP contribution is -2.10. The minimum Gasteiger partial charge on any atom is -0.324 e. The molecule has 0 aromatic heterocycles. The Morgan fingerprint density at radius 3 is 2.60 bits per heavy atom. The fourth-order valence-corrected chi connectivity index (χ4v) is 1.77. The Labute approximate surface area is 104 Å². The van der Waals surface area contributed by atoms with Crippen LogP contribution in [0.25, 0.3) is 0 Å². The standard InChI is InChI=1S/C11H13BrFN.ClH/c1-7(2)3-11(14)8-4-9(12)6-10(13)5-8;/h4-6,11H,1,3,14H2,2H3;1H/t11-;/m0./s1. The highest BCUT2D eigenvalue weighted by Gasteiger charge is 2.08. The summed E-state index contributed by atoms with van der Waals surface area (Å²) in [6, 6.07) is 4.52. The number of hydrogen-bond donors (Lipinski definition) is 1. The largest absolute Gasteiger partial charge is 0.324 e. The molecular weight excluding hydrogens is 280 g/mol. The van der Waals surface area contributed by atoms with Gasteiger partial charge in [-0.15, -0.1) is 19.0 Å². The van der Waals surface area contributed by atoms with Crippen molar-refractivity contribution in [2.75, 3.05) is 0 Å². The molecule has 0 fully saturated rings. The van der Waals surface area contributed by atoms with E-state index in [9.17, 15) is 4.39 Å². The highest BCUT2D eigenvalue weighted by molar-refractivity contribution is 9.10. The summed E-state index contributed by atoms with van der Waals surface area (Å²) in [5.41, 5.74) is 7.67. The van der Waals surface area contributed by atoms with Gasteiger partial charge in [-0.05, 0) is 37.1 Å². The van der Waals surface area contributed by atoms with Gasteiger partial charge in [0.15, 0.2) is 0 Å². The second kappa shape index (κ2) is 6.26. The lowest BCUT2D eigenvalue weighted by molar-refractivity contribution is 0.617. The first kappa shape index (κ1) is 14.6. The molecule has 84 valence electrons. The molecule has 0 aliphatic rings. The van der Waals surface area contributed by atoms with E-state index >= 15 is 0 Å². The van der Waals surface area contributed by atoms with Crippen molar-refractivity contribution in [1.29, 1.82) is 0 Å². The van der Waals surface area contributed by atoms with E-state index in [1.54, 1.807) is 0 Å². The first-order valence-electron chi connectivity index (χ1n) is 4.35. The van der Waals surface area contributed by atoms with Crippen LogP contribution in [-0.2, 0) is 0 Å². The fourth-order valence-electron chi connectivity index (χ4n) is 1.28. The van der Waals surface area contributed by atoms with Crippen LogP contribution in [0.15, 0.2) is 34.8 Å². The van der Waals surface area contributed by atoms with Crippen LogP contribution in [0.1, 0.15) is 24.9 Å². The lowest BCUT2D eigenvalue weighted by atomic mass is 10.0. The molecule has 2 N–H and O–H groups in total. The zero-order valence-electron chi connectivity index (χ0n) is 8.47. The van der Waals surface area contributed by atoms with E-state index in [2.05, 4.69) is 22.5 Å². The third-order valence-corrected chi connectivity index (χ3v) is 2.34. The molecule has 0 bridgehead atoms. The molecule has 0 saturated heterocycles. The maximum absolute atomic E-state index is 13.0. The van der Waals surface area contributed by atoms with E-state index in [1.807, 2.05) is 13.0 Å². The topological polar surface area (TPSA) is 26.0 Å². The molecule has 4 heteroatoms. The third-order valence-electron chi connectivity index (χ3n) is 1.88. The lowest BCUT2D eigenvalue weighted by Gasteiger charge is -2.12. The summed E-state index contributed by atoms with van der Waals surface area (Å²) < 4.78 is 13.7. The highest BCUT2D eigenvalue weighted by Crippen LogP contribution is 2.22. The summed E-state index contributed by atoms with van der Waals surface area (Å²) in [5, 5.41) is 0. The van der Waals surface area contributed by atoms with Gasteiger partial charge in [0.25, 0.3) is 0 Å². The van der Waals surface area contributed by atoms with Gasteiger partial charge in [-0.2, -0.15) is 0 Å². The van der Waals surface area contributed by atoms with Crippen LogP contribution >= 0.6 is 28.3 Å². The predicted molar refractivity (Wildman–Crippen MR) is 67.7 cm³/mol. The van der Waals surface area contributed by atoms with Gasteiger partial charge in [-0.3, -0.25) is 0 Å². The Kier molecular flexibility index (Phi) is 6.10. The molecule has 0 aliphatic heterocycles. The minimum absolute atomic E-state index is 0. The SMILES string of the molecule is C=C(C)C[C@H](N)c1cc(F)cc(Br)c1.Cl. The van der Waals surface area contributed by atoms with Crippen molar-refractivity contribution < 1.29 is 4.39 Å². The Hall–Kier alpha value is -0.380. The van der Waals surface area contributed by atoms with Gasteiger partial charge in [0.1, 0.15) is 5.82 Å². The molecule has 1 aromatic rings. The molecule has 0 aliphatic carbocycles. The van der Waals surface area contributed by atoms with Crippen molar-refractivity contribution in [3.8, 4) is 0 Å². The maximum atomic E-state index is 13.0. The molecule has 0 heterocycles. The van der Waals surface area contributed by atoms with Crippen LogP contribution < -0.4 is 5.73 Å². The van der Waals surface area contributed by atoms with E-state index in [4.69, 9.17) is 5.73 Å². The molecule has 15 heavy (non-hydrogen) atoms. The van der Waals surface area contributed by atoms with Crippen molar-refractivity contribution in [3.63, 3.8) is 0 Å². The molecule has 1 aromatic carbocycles. The van der Waals surface area contributed by atoms with Gasteiger partial charge in [-0.1, -0.05) is 21.5 Å². The number of halogens is 3. The number of rotatable bonds is 3. The summed E-state index contributed by atoms with van der Waals surface area (Å²) in [5.74, 6) is -0.272. The maximum Gasteiger partial charge on any atom is 0.124 e. The summed E-state index contributed by atoms with van der Waals surface area (Å²) in [7, 11) is 0. The van der Waals surface area contributed by atoms with Crippen molar-refractivity contribution in [2.45, 2.75) is 19.4 Å². The first-order chi connectivity index (χ1) is 6.49. The average Bonchev–Trinajstić information content (AvgIpc) is 2.00. The van der Waals surface area contributed by atoms with Crippen LogP contribution in [0.3, 0.4) is 0 Å². The zero-order valence-corrected chi connectivity index (χ0v) is 10.9. The van der Waals surface area contributed by atoms with Crippen LogP contribution in [0.2, 0.25) is 0 Å². The van der Waals surface area contributed by atoms with Crippen molar-refractivity contribution >= 4 is 28.3 Å². The summed E-state index contributed by atoms with van der Waals surface area (Å²) >= 11 is 3.23. The Bertz CT molecular complexity index is 334. The molecule has 0 radical (unpaired) electrons. The van der Waals surface area contributed by atoms with Gasteiger partial charge in [0.05, 0.1) is 0 Å². The van der Waals surface area contributed by atoms with E-state index < -0.39 is 0 Å². The number of nitrogens with two attached hydrogens (primary N) is 1. The average molecular weight is 295 g/mol. The normalized spacial score (nSPS) is 11.7. The van der Waals surface area contributed by atoms with Crippen LogP contribution in [-0.4, -0.2) is 0 Å². The molecule has 1 rings (SSSR count). The molecule has 0 saturated carbocycles. The Morgan fingerprint density at radius 2 is 2.13 bits per heavy atom. The van der Waals surface area contributed by atoms with Crippen molar-refractivity contribution in [1.82, 2.24) is 0 Å². The summed E-state index contributed by atoms with van der Waals surface area (Å²) in [6.45, 7) is 5.69. The summed E-state index contributed by atoms with van der Waals surface area (Å²) in [4.78, 5) is 0. The fraction of sp³-hybridized carbons (Fsp3) is 0.273. The molecule has 0 unspecified atom stereocenters. The highest BCUT2D eigenvalue weighted by atomic mass is 79.9. The first-order valence-corrected chi connectivity index (χ1v) is 5.14. The van der Waals surface area contributed by atoms with Crippen LogP contribution in [0, 0.1) is 5.82 Å². The molecular formula is C11H14BrClFN.